The van der Waals surface area contributed by atoms with Gasteiger partial charge in [0.15, 0.2) is 5.78 Å². The number of carbonyl (C=O) groups excluding carboxylic acids is 1. The molecule has 0 spiro atoms. The van der Waals surface area contributed by atoms with E-state index in [0.717, 1.165) is 29.7 Å². The van der Waals surface area contributed by atoms with E-state index in [0.29, 0.717) is 6.42 Å². The molecule has 1 atom stereocenters. The molecule has 2 rings (SSSR count). The Morgan fingerprint density at radius 2 is 2.22 bits per heavy atom. The third-order valence-electron chi connectivity index (χ3n) is 3.31. The molecule has 1 heterocycles. The number of carbonyl (C=O) groups is 1. The van der Waals surface area contributed by atoms with Crippen LogP contribution in [0, 0.1) is 0 Å². The number of ketones is 1. The fraction of sp³-hybridized carbons (Fsp3) is 0.533. The monoisotopic (exact) mass is 247 g/mol. The third kappa shape index (κ3) is 2.56. The maximum absolute atomic E-state index is 11.9. The standard InChI is InChI=1S/C15H21NO2/c1-4-5-13(17)10-6-7-14-11(8-10)12(16)9-15(2,3)18-14/h6-8,12H,4-5,9,16H2,1-3H3. The summed E-state index contributed by atoms with van der Waals surface area (Å²) in [5, 5.41) is 0. The molecule has 1 aromatic rings. The molecule has 0 bridgehead atoms. The maximum Gasteiger partial charge on any atom is 0.162 e. The van der Waals surface area contributed by atoms with Gasteiger partial charge in [-0.05, 0) is 38.5 Å². The first-order chi connectivity index (χ1) is 8.43. The average Bonchev–Trinajstić information content (AvgIpc) is 2.27. The summed E-state index contributed by atoms with van der Waals surface area (Å²) >= 11 is 0. The summed E-state index contributed by atoms with van der Waals surface area (Å²) in [6.07, 6.45) is 2.22. The van der Waals surface area contributed by atoms with Crippen molar-refractivity contribution in [2.45, 2.75) is 51.7 Å². The molecule has 98 valence electrons. The number of rotatable bonds is 3. The van der Waals surface area contributed by atoms with E-state index in [-0.39, 0.29) is 17.4 Å². The zero-order valence-corrected chi connectivity index (χ0v) is 11.3. The van der Waals surface area contributed by atoms with E-state index in [1.54, 1.807) is 0 Å². The van der Waals surface area contributed by atoms with Crippen molar-refractivity contribution in [2.75, 3.05) is 0 Å². The lowest BCUT2D eigenvalue weighted by Crippen LogP contribution is -2.37. The summed E-state index contributed by atoms with van der Waals surface area (Å²) in [6.45, 7) is 6.07. The molecule has 0 aromatic heterocycles. The van der Waals surface area contributed by atoms with Crippen LogP contribution in [0.4, 0.5) is 0 Å². The Morgan fingerprint density at radius 3 is 2.89 bits per heavy atom. The molecule has 3 heteroatoms. The second kappa shape index (κ2) is 4.73. The second-order valence-corrected chi connectivity index (χ2v) is 5.60. The van der Waals surface area contributed by atoms with Crippen molar-refractivity contribution < 1.29 is 9.53 Å². The number of benzene rings is 1. The highest BCUT2D eigenvalue weighted by atomic mass is 16.5. The van der Waals surface area contributed by atoms with Crippen molar-refractivity contribution in [3.05, 3.63) is 29.3 Å². The van der Waals surface area contributed by atoms with Gasteiger partial charge in [-0.3, -0.25) is 4.79 Å². The van der Waals surface area contributed by atoms with Gasteiger partial charge >= 0.3 is 0 Å². The minimum Gasteiger partial charge on any atom is -0.487 e. The normalized spacial score (nSPS) is 21.0. The van der Waals surface area contributed by atoms with Gasteiger partial charge in [0.25, 0.3) is 0 Å². The largest absolute Gasteiger partial charge is 0.487 e. The molecule has 0 radical (unpaired) electrons. The summed E-state index contributed by atoms with van der Waals surface area (Å²) < 4.78 is 5.89. The lowest BCUT2D eigenvalue weighted by atomic mass is 9.89. The predicted octanol–water partition coefficient (Wildman–Crippen LogP) is 3.23. The van der Waals surface area contributed by atoms with Crippen LogP contribution in [-0.2, 0) is 0 Å². The van der Waals surface area contributed by atoms with Crippen molar-refractivity contribution in [3.8, 4) is 5.75 Å². The number of Topliss-reactive ketones (excluding diaryl/α,β-unsaturated/α-hetero) is 1. The predicted molar refractivity (Wildman–Crippen MR) is 71.9 cm³/mol. The maximum atomic E-state index is 11.9. The number of hydrogen-bond acceptors (Lipinski definition) is 3. The van der Waals surface area contributed by atoms with Gasteiger partial charge in [0, 0.05) is 30.0 Å². The van der Waals surface area contributed by atoms with Crippen LogP contribution in [0.3, 0.4) is 0 Å². The molecule has 0 saturated heterocycles. The molecule has 0 amide bonds. The second-order valence-electron chi connectivity index (χ2n) is 5.60. The van der Waals surface area contributed by atoms with Gasteiger partial charge in [0.2, 0.25) is 0 Å². The van der Waals surface area contributed by atoms with Gasteiger partial charge in [0.05, 0.1) is 0 Å². The van der Waals surface area contributed by atoms with Crippen LogP contribution in [0.5, 0.6) is 5.75 Å². The Bertz CT molecular complexity index is 466. The van der Waals surface area contributed by atoms with Crippen molar-refractivity contribution >= 4 is 5.78 Å². The zero-order chi connectivity index (χ0) is 13.3. The number of hydrogen-bond donors (Lipinski definition) is 1. The van der Waals surface area contributed by atoms with Crippen LogP contribution in [0.1, 0.15) is 62.0 Å². The van der Waals surface area contributed by atoms with E-state index in [4.69, 9.17) is 10.5 Å². The van der Waals surface area contributed by atoms with E-state index in [2.05, 4.69) is 0 Å². The lowest BCUT2D eigenvalue weighted by molar-refractivity contribution is 0.0728. The highest BCUT2D eigenvalue weighted by Gasteiger charge is 2.32. The lowest BCUT2D eigenvalue weighted by Gasteiger charge is -2.36. The molecule has 1 aromatic carbocycles. The van der Waals surface area contributed by atoms with Gasteiger partial charge in [0.1, 0.15) is 11.4 Å². The molecule has 1 aliphatic heterocycles. The topological polar surface area (TPSA) is 52.3 Å². The van der Waals surface area contributed by atoms with E-state index in [9.17, 15) is 4.79 Å². The minimum atomic E-state index is -0.235. The Labute approximate surface area is 108 Å². The third-order valence-corrected chi connectivity index (χ3v) is 3.31. The molecule has 0 saturated carbocycles. The minimum absolute atomic E-state index is 0.0573. The molecular weight excluding hydrogens is 226 g/mol. The van der Waals surface area contributed by atoms with E-state index < -0.39 is 0 Å². The van der Waals surface area contributed by atoms with Crippen LogP contribution in [-0.4, -0.2) is 11.4 Å². The SMILES string of the molecule is CCCC(=O)c1ccc2c(c1)C(N)CC(C)(C)O2. The van der Waals surface area contributed by atoms with Crippen molar-refractivity contribution in [2.24, 2.45) is 5.73 Å². The Balaban J connectivity index is 2.33. The van der Waals surface area contributed by atoms with Gasteiger partial charge in [-0.25, -0.2) is 0 Å². The van der Waals surface area contributed by atoms with Crippen LogP contribution in [0.15, 0.2) is 18.2 Å². The van der Waals surface area contributed by atoms with Gasteiger partial charge in [-0.2, -0.15) is 0 Å². The fourth-order valence-corrected chi connectivity index (χ4v) is 2.45. The first-order valence-corrected chi connectivity index (χ1v) is 6.54. The number of ether oxygens (including phenoxy) is 1. The van der Waals surface area contributed by atoms with E-state index >= 15 is 0 Å². The van der Waals surface area contributed by atoms with Gasteiger partial charge in [-0.1, -0.05) is 6.92 Å². The number of fused-ring (bicyclic) bond motifs is 1. The highest BCUT2D eigenvalue weighted by Crippen LogP contribution is 2.38. The number of nitrogens with two attached hydrogens (primary N) is 1. The first-order valence-electron chi connectivity index (χ1n) is 6.54. The molecule has 18 heavy (non-hydrogen) atoms. The summed E-state index contributed by atoms with van der Waals surface area (Å²) in [6, 6.07) is 5.55. The summed E-state index contributed by atoms with van der Waals surface area (Å²) in [4.78, 5) is 11.9. The summed E-state index contributed by atoms with van der Waals surface area (Å²) in [5.41, 5.74) is 7.64. The summed E-state index contributed by atoms with van der Waals surface area (Å²) in [7, 11) is 0. The molecule has 2 N–H and O–H groups in total. The fourth-order valence-electron chi connectivity index (χ4n) is 2.45. The molecule has 1 unspecified atom stereocenters. The summed E-state index contributed by atoms with van der Waals surface area (Å²) in [5.74, 6) is 0.990. The van der Waals surface area contributed by atoms with E-state index in [1.165, 1.54) is 0 Å². The Morgan fingerprint density at radius 1 is 1.50 bits per heavy atom. The van der Waals surface area contributed by atoms with Crippen LogP contribution in [0.25, 0.3) is 0 Å². The van der Waals surface area contributed by atoms with Crippen molar-refractivity contribution in [3.63, 3.8) is 0 Å². The van der Waals surface area contributed by atoms with Crippen molar-refractivity contribution in [1.82, 2.24) is 0 Å². The Kier molecular flexibility index (Phi) is 3.44. The molecule has 0 fully saturated rings. The Hall–Kier alpha value is -1.35. The van der Waals surface area contributed by atoms with E-state index in [1.807, 2.05) is 39.0 Å². The van der Waals surface area contributed by atoms with Crippen LogP contribution in [0.2, 0.25) is 0 Å². The van der Waals surface area contributed by atoms with Crippen LogP contribution < -0.4 is 10.5 Å². The zero-order valence-electron chi connectivity index (χ0n) is 11.3. The smallest absolute Gasteiger partial charge is 0.162 e. The molecule has 3 nitrogen and oxygen atoms in total. The first kappa shape index (κ1) is 13.1. The van der Waals surface area contributed by atoms with Crippen molar-refractivity contribution in [1.29, 1.82) is 0 Å². The quantitative estimate of drug-likeness (QED) is 0.834. The van der Waals surface area contributed by atoms with Crippen LogP contribution >= 0.6 is 0 Å². The van der Waals surface area contributed by atoms with Gasteiger partial charge in [-0.15, -0.1) is 0 Å². The molecular formula is C15H21NO2. The highest BCUT2D eigenvalue weighted by molar-refractivity contribution is 5.96. The van der Waals surface area contributed by atoms with Gasteiger partial charge < -0.3 is 10.5 Å². The molecule has 0 aliphatic carbocycles. The average molecular weight is 247 g/mol. The molecule has 1 aliphatic rings.